The number of carbonyl (C=O) groups is 1. The van der Waals surface area contributed by atoms with Crippen molar-refractivity contribution in [3.05, 3.63) is 46.5 Å². The van der Waals surface area contributed by atoms with Crippen LogP contribution in [0.2, 0.25) is 0 Å². The van der Waals surface area contributed by atoms with Gasteiger partial charge in [0.1, 0.15) is 0 Å². The van der Waals surface area contributed by atoms with E-state index in [2.05, 4.69) is 11.9 Å². The molecular formula is C23H28N2O5. The second-order valence-corrected chi connectivity index (χ2v) is 8.47. The fourth-order valence-corrected chi connectivity index (χ4v) is 4.55. The SMILES string of the molecule is CN(CCCN1CCc2cc(O)c(O)cc2CC1=O)C[C@H]1Cc2cc(O)c(O)cc21. The van der Waals surface area contributed by atoms with Crippen molar-refractivity contribution in [2.75, 3.05) is 33.2 Å². The molecule has 1 atom stereocenters. The van der Waals surface area contributed by atoms with Gasteiger partial charge in [-0.15, -0.1) is 0 Å². The highest BCUT2D eigenvalue weighted by Crippen LogP contribution is 2.41. The minimum atomic E-state index is -0.183. The third kappa shape index (κ3) is 4.03. The lowest BCUT2D eigenvalue weighted by atomic mass is 9.77. The lowest BCUT2D eigenvalue weighted by Gasteiger charge is -2.34. The second-order valence-electron chi connectivity index (χ2n) is 8.47. The minimum Gasteiger partial charge on any atom is -0.504 e. The number of carbonyl (C=O) groups excluding carboxylic acids is 1. The maximum atomic E-state index is 12.6. The monoisotopic (exact) mass is 412 g/mol. The number of phenols is 4. The highest BCUT2D eigenvalue weighted by atomic mass is 16.3. The lowest BCUT2D eigenvalue weighted by molar-refractivity contribution is -0.130. The Hall–Kier alpha value is -2.93. The molecule has 0 saturated carbocycles. The predicted molar refractivity (Wildman–Crippen MR) is 112 cm³/mol. The fourth-order valence-electron chi connectivity index (χ4n) is 4.55. The molecule has 7 nitrogen and oxygen atoms in total. The normalized spacial score (nSPS) is 18.0. The van der Waals surface area contributed by atoms with Gasteiger partial charge in [-0.05, 0) is 79.4 Å². The molecule has 7 heteroatoms. The molecular weight excluding hydrogens is 384 g/mol. The van der Waals surface area contributed by atoms with Crippen LogP contribution in [0.1, 0.15) is 34.6 Å². The number of hydrogen-bond acceptors (Lipinski definition) is 6. The summed E-state index contributed by atoms with van der Waals surface area (Å²) < 4.78 is 0. The molecule has 2 aliphatic rings. The van der Waals surface area contributed by atoms with Crippen molar-refractivity contribution < 1.29 is 25.2 Å². The topological polar surface area (TPSA) is 104 Å². The highest BCUT2D eigenvalue weighted by Gasteiger charge is 2.29. The van der Waals surface area contributed by atoms with E-state index in [1.165, 1.54) is 6.07 Å². The van der Waals surface area contributed by atoms with Crippen LogP contribution in [0.15, 0.2) is 24.3 Å². The molecule has 160 valence electrons. The van der Waals surface area contributed by atoms with Gasteiger partial charge in [-0.25, -0.2) is 0 Å². The summed E-state index contributed by atoms with van der Waals surface area (Å²) in [5.74, 6) is -0.0513. The molecule has 1 heterocycles. The van der Waals surface area contributed by atoms with Crippen molar-refractivity contribution in [2.45, 2.75) is 31.6 Å². The number of aromatic hydroxyl groups is 4. The van der Waals surface area contributed by atoms with Crippen LogP contribution < -0.4 is 0 Å². The van der Waals surface area contributed by atoms with E-state index in [0.717, 1.165) is 48.2 Å². The third-order valence-electron chi connectivity index (χ3n) is 6.28. The van der Waals surface area contributed by atoms with Gasteiger partial charge in [0.05, 0.1) is 6.42 Å². The minimum absolute atomic E-state index is 0.0460. The maximum Gasteiger partial charge on any atom is 0.227 e. The Bertz CT molecular complexity index is 975. The van der Waals surface area contributed by atoms with Crippen molar-refractivity contribution in [1.82, 2.24) is 9.80 Å². The van der Waals surface area contributed by atoms with Crippen molar-refractivity contribution >= 4 is 5.91 Å². The van der Waals surface area contributed by atoms with Crippen LogP contribution in [0.4, 0.5) is 0 Å². The van der Waals surface area contributed by atoms with Crippen molar-refractivity contribution in [2.24, 2.45) is 0 Å². The van der Waals surface area contributed by atoms with E-state index in [4.69, 9.17) is 0 Å². The number of amides is 1. The summed E-state index contributed by atoms with van der Waals surface area (Å²) in [6.45, 7) is 3.01. The van der Waals surface area contributed by atoms with Crippen molar-refractivity contribution in [1.29, 1.82) is 0 Å². The van der Waals surface area contributed by atoms with E-state index in [1.54, 1.807) is 18.2 Å². The van der Waals surface area contributed by atoms with Gasteiger partial charge < -0.3 is 30.2 Å². The molecule has 1 aliphatic carbocycles. The standard InChI is InChI=1S/C23H28N2O5/c1-24(13-17-7-16-10-21(28)22(29)12-18(16)17)4-2-5-25-6-3-14-8-19(26)20(27)9-15(14)11-23(25)30/h8-10,12,17,26-29H,2-7,11,13H2,1H3/t17-/m1/s1. The van der Waals surface area contributed by atoms with E-state index in [9.17, 15) is 25.2 Å². The highest BCUT2D eigenvalue weighted by molar-refractivity contribution is 5.80. The molecule has 0 radical (unpaired) electrons. The first-order chi connectivity index (χ1) is 14.3. The molecule has 1 amide bonds. The van der Waals surface area contributed by atoms with Gasteiger partial charge in [-0.3, -0.25) is 4.79 Å². The predicted octanol–water partition coefficient (Wildman–Crippen LogP) is 2.10. The smallest absolute Gasteiger partial charge is 0.227 e. The zero-order valence-corrected chi connectivity index (χ0v) is 17.1. The summed E-state index contributed by atoms with van der Waals surface area (Å²) in [6.07, 6.45) is 2.67. The molecule has 1 aliphatic heterocycles. The van der Waals surface area contributed by atoms with E-state index in [0.29, 0.717) is 25.4 Å². The first-order valence-corrected chi connectivity index (χ1v) is 10.4. The van der Waals surface area contributed by atoms with Gasteiger partial charge in [-0.1, -0.05) is 0 Å². The van der Waals surface area contributed by atoms with E-state index in [-0.39, 0.29) is 35.3 Å². The van der Waals surface area contributed by atoms with Gasteiger partial charge in [0.2, 0.25) is 5.91 Å². The van der Waals surface area contributed by atoms with E-state index >= 15 is 0 Å². The Balaban J connectivity index is 1.26. The Morgan fingerprint density at radius 1 is 0.967 bits per heavy atom. The van der Waals surface area contributed by atoms with Crippen LogP contribution >= 0.6 is 0 Å². The average Bonchev–Trinajstić information content (AvgIpc) is 2.83. The van der Waals surface area contributed by atoms with Gasteiger partial charge in [0.15, 0.2) is 23.0 Å². The largest absolute Gasteiger partial charge is 0.504 e. The van der Waals surface area contributed by atoms with Crippen LogP contribution in [0.3, 0.4) is 0 Å². The van der Waals surface area contributed by atoms with Crippen LogP contribution in [-0.2, 0) is 24.1 Å². The first kappa shape index (κ1) is 20.3. The Labute approximate surface area is 175 Å². The number of rotatable bonds is 6. The van der Waals surface area contributed by atoms with E-state index < -0.39 is 0 Å². The molecule has 4 N–H and O–H groups in total. The Morgan fingerprint density at radius 2 is 1.60 bits per heavy atom. The summed E-state index contributed by atoms with van der Waals surface area (Å²) in [5, 5.41) is 38.7. The molecule has 2 aromatic rings. The molecule has 0 saturated heterocycles. The molecule has 30 heavy (non-hydrogen) atoms. The number of nitrogens with zero attached hydrogens (tertiary/aromatic N) is 2. The second kappa shape index (κ2) is 8.07. The molecule has 4 rings (SSSR count). The lowest BCUT2D eigenvalue weighted by Crippen LogP contribution is -2.36. The average molecular weight is 412 g/mol. The van der Waals surface area contributed by atoms with Crippen molar-refractivity contribution in [3.8, 4) is 23.0 Å². The molecule has 0 aromatic heterocycles. The zero-order chi connectivity index (χ0) is 21.4. The summed E-state index contributed by atoms with van der Waals surface area (Å²) in [5.41, 5.74) is 3.89. The molecule has 0 fully saturated rings. The van der Waals surface area contributed by atoms with E-state index in [1.807, 2.05) is 4.90 Å². The maximum absolute atomic E-state index is 12.6. The summed E-state index contributed by atoms with van der Waals surface area (Å²) >= 11 is 0. The Morgan fingerprint density at radius 3 is 2.33 bits per heavy atom. The molecule has 0 spiro atoms. The molecule has 0 unspecified atom stereocenters. The van der Waals surface area contributed by atoms with Crippen LogP contribution in [0.5, 0.6) is 23.0 Å². The number of fused-ring (bicyclic) bond motifs is 2. The summed E-state index contributed by atoms with van der Waals surface area (Å²) in [7, 11) is 2.06. The summed E-state index contributed by atoms with van der Waals surface area (Å²) in [4.78, 5) is 16.7. The zero-order valence-electron chi connectivity index (χ0n) is 17.1. The number of hydrogen-bond donors (Lipinski definition) is 4. The Kier molecular flexibility index (Phi) is 5.47. The fraction of sp³-hybridized carbons (Fsp3) is 0.435. The third-order valence-corrected chi connectivity index (χ3v) is 6.28. The number of phenolic OH excluding ortho intramolecular Hbond substituents is 4. The van der Waals surface area contributed by atoms with Crippen molar-refractivity contribution in [3.63, 3.8) is 0 Å². The van der Waals surface area contributed by atoms with Crippen LogP contribution in [0, 0.1) is 0 Å². The van der Waals surface area contributed by atoms with Gasteiger partial charge in [0, 0.05) is 25.6 Å². The molecule has 2 aromatic carbocycles. The first-order valence-electron chi connectivity index (χ1n) is 10.4. The quantitative estimate of drug-likeness (QED) is 0.542. The van der Waals surface area contributed by atoms with Gasteiger partial charge in [-0.2, -0.15) is 0 Å². The van der Waals surface area contributed by atoms with Crippen LogP contribution in [0.25, 0.3) is 0 Å². The summed E-state index contributed by atoms with van der Waals surface area (Å²) in [6, 6.07) is 6.36. The number of likely N-dealkylation sites (N-methyl/N-ethyl adjacent to an activating group) is 1. The van der Waals surface area contributed by atoms with Gasteiger partial charge >= 0.3 is 0 Å². The molecule has 0 bridgehead atoms. The van der Waals surface area contributed by atoms with Crippen LogP contribution in [-0.4, -0.2) is 69.4 Å². The van der Waals surface area contributed by atoms with Gasteiger partial charge in [0.25, 0.3) is 0 Å². The number of benzene rings is 2.